The number of rotatable bonds is 8. The first kappa shape index (κ1) is 13.1. The van der Waals surface area contributed by atoms with Gasteiger partial charge in [-0.15, -0.1) is 0 Å². The average Bonchev–Trinajstić information content (AvgIpc) is 3.05. The Morgan fingerprint density at radius 1 is 1.50 bits per heavy atom. The van der Waals surface area contributed by atoms with Crippen LogP contribution in [0.1, 0.15) is 31.2 Å². The van der Waals surface area contributed by atoms with E-state index in [0.29, 0.717) is 12.5 Å². The zero-order chi connectivity index (χ0) is 12.8. The molecule has 18 heavy (non-hydrogen) atoms. The number of hydrogen-bond donors (Lipinski definition) is 2. The molecule has 0 aromatic carbocycles. The van der Waals surface area contributed by atoms with Gasteiger partial charge in [0.25, 0.3) is 0 Å². The zero-order valence-corrected chi connectivity index (χ0v) is 11.0. The van der Waals surface area contributed by atoms with E-state index in [9.17, 15) is 4.79 Å². The highest BCUT2D eigenvalue weighted by molar-refractivity contribution is 5.76. The highest BCUT2D eigenvalue weighted by Crippen LogP contribution is 2.18. The highest BCUT2D eigenvalue weighted by atomic mass is 16.1. The summed E-state index contributed by atoms with van der Waals surface area (Å²) in [6.45, 7) is 1.84. The van der Waals surface area contributed by atoms with Crippen molar-refractivity contribution >= 4 is 5.91 Å². The van der Waals surface area contributed by atoms with Gasteiger partial charge in [0, 0.05) is 25.7 Å². The number of nitrogens with one attached hydrogen (secondary N) is 2. The zero-order valence-electron chi connectivity index (χ0n) is 11.0. The molecule has 0 aliphatic heterocycles. The van der Waals surface area contributed by atoms with Crippen LogP contribution in [0.25, 0.3) is 0 Å². The number of aryl methyl sites for hydroxylation is 1. The minimum atomic E-state index is 0.201. The molecule has 0 atom stereocenters. The Balaban J connectivity index is 1.44. The van der Waals surface area contributed by atoms with Crippen molar-refractivity contribution in [2.24, 2.45) is 7.05 Å². The quantitative estimate of drug-likeness (QED) is 0.665. The van der Waals surface area contributed by atoms with Crippen molar-refractivity contribution in [3.8, 4) is 0 Å². The van der Waals surface area contributed by atoms with Crippen LogP contribution in [-0.2, 0) is 18.3 Å². The summed E-state index contributed by atoms with van der Waals surface area (Å²) in [5.41, 5.74) is 1.25. The summed E-state index contributed by atoms with van der Waals surface area (Å²) in [6.07, 6.45) is 8.78. The number of hydrogen-bond acceptors (Lipinski definition) is 3. The Morgan fingerprint density at radius 3 is 3.00 bits per heavy atom. The van der Waals surface area contributed by atoms with Crippen LogP contribution in [-0.4, -0.2) is 34.8 Å². The van der Waals surface area contributed by atoms with Gasteiger partial charge in [-0.25, -0.2) is 0 Å². The highest BCUT2D eigenvalue weighted by Gasteiger charge is 2.22. The van der Waals surface area contributed by atoms with Gasteiger partial charge in [-0.3, -0.25) is 9.48 Å². The standard InChI is InChI=1S/C13H22N4O/c1-17-10-11(9-15-17)6-8-14-7-2-3-13(18)16-12-4-5-12/h9-10,12,14H,2-8H2,1H3,(H,16,18). The molecule has 0 unspecified atom stereocenters. The van der Waals surface area contributed by atoms with Crippen molar-refractivity contribution < 1.29 is 4.79 Å². The number of carbonyl (C=O) groups is 1. The van der Waals surface area contributed by atoms with Gasteiger partial charge >= 0.3 is 0 Å². The van der Waals surface area contributed by atoms with E-state index in [1.807, 2.05) is 24.1 Å². The molecule has 1 saturated carbocycles. The molecule has 1 amide bonds. The Bertz CT molecular complexity index is 384. The van der Waals surface area contributed by atoms with E-state index >= 15 is 0 Å². The number of aromatic nitrogens is 2. The van der Waals surface area contributed by atoms with E-state index in [1.165, 1.54) is 5.56 Å². The van der Waals surface area contributed by atoms with Crippen LogP contribution in [0.3, 0.4) is 0 Å². The van der Waals surface area contributed by atoms with Crippen LogP contribution in [0.2, 0.25) is 0 Å². The van der Waals surface area contributed by atoms with Gasteiger partial charge < -0.3 is 10.6 Å². The molecule has 0 radical (unpaired) electrons. The van der Waals surface area contributed by atoms with Gasteiger partial charge in [0.2, 0.25) is 5.91 Å². The van der Waals surface area contributed by atoms with E-state index in [-0.39, 0.29) is 5.91 Å². The Hall–Kier alpha value is -1.36. The monoisotopic (exact) mass is 250 g/mol. The lowest BCUT2D eigenvalue weighted by atomic mass is 10.2. The van der Waals surface area contributed by atoms with Crippen molar-refractivity contribution in [3.05, 3.63) is 18.0 Å². The summed E-state index contributed by atoms with van der Waals surface area (Å²) in [7, 11) is 1.93. The van der Waals surface area contributed by atoms with Gasteiger partial charge in [-0.05, 0) is 44.3 Å². The lowest BCUT2D eigenvalue weighted by Gasteiger charge is -2.04. The third-order valence-corrected chi connectivity index (χ3v) is 3.05. The third-order valence-electron chi connectivity index (χ3n) is 3.05. The molecule has 100 valence electrons. The van der Waals surface area contributed by atoms with Gasteiger partial charge in [-0.1, -0.05) is 0 Å². The molecule has 1 aliphatic rings. The van der Waals surface area contributed by atoms with Crippen LogP contribution in [0, 0.1) is 0 Å². The van der Waals surface area contributed by atoms with Crippen LogP contribution < -0.4 is 10.6 Å². The molecule has 5 heteroatoms. The molecule has 1 aromatic heterocycles. The van der Waals surface area contributed by atoms with Crippen LogP contribution in [0.5, 0.6) is 0 Å². The average molecular weight is 250 g/mol. The van der Waals surface area contributed by atoms with Crippen molar-refractivity contribution in [1.29, 1.82) is 0 Å². The topological polar surface area (TPSA) is 59.0 Å². The molecular weight excluding hydrogens is 228 g/mol. The maximum Gasteiger partial charge on any atom is 0.220 e. The van der Waals surface area contributed by atoms with Crippen molar-refractivity contribution in [2.75, 3.05) is 13.1 Å². The minimum absolute atomic E-state index is 0.201. The Labute approximate surface area is 108 Å². The van der Waals surface area contributed by atoms with E-state index < -0.39 is 0 Å². The molecule has 0 spiro atoms. The third kappa shape index (κ3) is 4.87. The molecule has 1 aromatic rings. The van der Waals surface area contributed by atoms with Gasteiger partial charge in [0.15, 0.2) is 0 Å². The van der Waals surface area contributed by atoms with Crippen LogP contribution >= 0.6 is 0 Å². The van der Waals surface area contributed by atoms with Crippen molar-refractivity contribution in [3.63, 3.8) is 0 Å². The van der Waals surface area contributed by atoms with Gasteiger partial charge in [-0.2, -0.15) is 5.10 Å². The van der Waals surface area contributed by atoms with Crippen molar-refractivity contribution in [2.45, 2.75) is 38.1 Å². The molecular formula is C13H22N4O. The summed E-state index contributed by atoms with van der Waals surface area (Å²) in [6, 6.07) is 0.482. The summed E-state index contributed by atoms with van der Waals surface area (Å²) in [5, 5.41) is 10.5. The summed E-state index contributed by atoms with van der Waals surface area (Å²) < 4.78 is 1.82. The van der Waals surface area contributed by atoms with Crippen LogP contribution in [0.15, 0.2) is 12.4 Å². The summed E-state index contributed by atoms with van der Waals surface area (Å²) >= 11 is 0. The smallest absolute Gasteiger partial charge is 0.220 e. The lowest BCUT2D eigenvalue weighted by molar-refractivity contribution is -0.121. The minimum Gasteiger partial charge on any atom is -0.353 e. The number of carbonyl (C=O) groups excluding carboxylic acids is 1. The normalized spacial score (nSPS) is 14.7. The SMILES string of the molecule is Cn1cc(CCNCCCC(=O)NC2CC2)cn1. The first-order valence-corrected chi connectivity index (χ1v) is 6.71. The van der Waals surface area contributed by atoms with E-state index in [4.69, 9.17) is 0 Å². The first-order valence-electron chi connectivity index (χ1n) is 6.71. The second-order valence-electron chi connectivity index (χ2n) is 4.97. The van der Waals surface area contributed by atoms with Crippen LogP contribution in [0.4, 0.5) is 0 Å². The molecule has 1 fully saturated rings. The van der Waals surface area contributed by atoms with Gasteiger partial charge in [0.1, 0.15) is 0 Å². The fourth-order valence-electron chi connectivity index (χ4n) is 1.86. The van der Waals surface area contributed by atoms with Crippen molar-refractivity contribution in [1.82, 2.24) is 20.4 Å². The summed E-state index contributed by atoms with van der Waals surface area (Å²) in [4.78, 5) is 11.4. The molecule has 0 bridgehead atoms. The Kier molecular flexibility index (Phi) is 4.75. The predicted molar refractivity (Wildman–Crippen MR) is 70.2 cm³/mol. The summed E-state index contributed by atoms with van der Waals surface area (Å²) in [5.74, 6) is 0.201. The molecule has 0 saturated heterocycles. The predicted octanol–water partition coefficient (Wildman–Crippen LogP) is 0.611. The second kappa shape index (κ2) is 6.54. The molecule has 1 heterocycles. The Morgan fingerprint density at radius 2 is 2.33 bits per heavy atom. The fraction of sp³-hybridized carbons (Fsp3) is 0.692. The lowest BCUT2D eigenvalue weighted by Crippen LogP contribution is -2.26. The fourth-order valence-corrected chi connectivity index (χ4v) is 1.86. The number of amides is 1. The number of nitrogens with zero attached hydrogens (tertiary/aromatic N) is 2. The largest absolute Gasteiger partial charge is 0.353 e. The van der Waals surface area contributed by atoms with E-state index in [1.54, 1.807) is 0 Å². The molecule has 1 aliphatic carbocycles. The molecule has 2 N–H and O–H groups in total. The first-order chi connectivity index (χ1) is 8.74. The maximum atomic E-state index is 11.4. The second-order valence-corrected chi connectivity index (χ2v) is 4.97. The molecule has 5 nitrogen and oxygen atoms in total. The maximum absolute atomic E-state index is 11.4. The van der Waals surface area contributed by atoms with Gasteiger partial charge in [0.05, 0.1) is 6.20 Å². The molecule has 2 rings (SSSR count). The van der Waals surface area contributed by atoms with E-state index in [2.05, 4.69) is 15.7 Å². The van der Waals surface area contributed by atoms with E-state index in [0.717, 1.165) is 38.8 Å².